The highest BCUT2D eigenvalue weighted by Crippen LogP contribution is 2.55. The van der Waals surface area contributed by atoms with Gasteiger partial charge in [0.1, 0.15) is 11.5 Å². The summed E-state index contributed by atoms with van der Waals surface area (Å²) in [6.45, 7) is 9.05. The smallest absolute Gasteiger partial charge is 0.476 e. The number of hydrogen-bond acceptors (Lipinski definition) is 9. The van der Waals surface area contributed by atoms with Crippen molar-refractivity contribution in [1.82, 2.24) is 14.2 Å². The zero-order valence-electron chi connectivity index (χ0n) is 25.8. The molecular weight excluding hydrogens is 644 g/mol. The molecule has 2 aromatic rings. The number of aryl methyl sites for hydroxylation is 1. The highest BCUT2D eigenvalue weighted by atomic mass is 32.2. The molecule has 2 aliphatic rings. The monoisotopic (exact) mass is 680 g/mol. The van der Waals surface area contributed by atoms with E-state index in [0.29, 0.717) is 12.1 Å². The van der Waals surface area contributed by atoms with Crippen LogP contribution in [-0.4, -0.2) is 73.2 Å². The highest BCUT2D eigenvalue weighted by molar-refractivity contribution is 7.89. The van der Waals surface area contributed by atoms with Crippen LogP contribution in [0.1, 0.15) is 52.0 Å². The summed E-state index contributed by atoms with van der Waals surface area (Å²) in [6.07, 6.45) is 1.13. The van der Waals surface area contributed by atoms with Crippen LogP contribution in [0.25, 0.3) is 0 Å². The average molecular weight is 681 g/mol. The topological polar surface area (TPSA) is 154 Å². The number of carbonyl (C=O) groups is 2. The largest absolute Gasteiger partial charge is 0.489 e. The summed E-state index contributed by atoms with van der Waals surface area (Å²) in [7, 11) is -7.13. The summed E-state index contributed by atoms with van der Waals surface area (Å²) < 4.78 is 107. The van der Waals surface area contributed by atoms with Gasteiger partial charge in [-0.3, -0.25) is 23.2 Å². The number of rotatable bonds is 7. The van der Waals surface area contributed by atoms with Gasteiger partial charge < -0.3 is 19.5 Å². The first kappa shape index (κ1) is 34.9. The molecule has 45 heavy (non-hydrogen) atoms. The number of nitrogens with one attached hydrogen (secondary N) is 2. The molecule has 2 unspecified atom stereocenters. The van der Waals surface area contributed by atoms with Gasteiger partial charge in [-0.1, -0.05) is 0 Å². The molecular formula is C27H36F3N4O9PS. The fourth-order valence-electron chi connectivity index (χ4n) is 4.79. The SMILES string of the molecule is Cn1cc2c(c1C(=O)Nc1cc(F)c(F)c(F)c1)OCC1CN(C(=O)COP(=O)(OC(C)(C)C)OC(C)(C)C)CC1NS2(=O)=O. The van der Waals surface area contributed by atoms with Crippen molar-refractivity contribution >= 4 is 35.3 Å². The standard InChI is InChI=1S/C27H36F3N4O9PS/c1-26(2,3)42-44(37,43-27(4,5)6)41-14-21(35)34-10-15-13-40-24-20(45(38,39)32-19(15)11-34)12-33(7)23(24)25(36)31-16-8-17(28)22(30)18(29)9-16/h8-9,12,15,19,32H,10-11,13-14H2,1-7H3,(H,31,36). The van der Waals surface area contributed by atoms with E-state index in [0.717, 1.165) is 6.20 Å². The first-order valence-corrected chi connectivity index (χ1v) is 16.8. The van der Waals surface area contributed by atoms with Gasteiger partial charge in [-0.25, -0.2) is 30.9 Å². The molecule has 0 radical (unpaired) electrons. The van der Waals surface area contributed by atoms with Gasteiger partial charge in [0.15, 0.2) is 28.9 Å². The first-order chi connectivity index (χ1) is 20.6. The van der Waals surface area contributed by atoms with Crippen molar-refractivity contribution in [1.29, 1.82) is 0 Å². The number of nitrogens with zero attached hydrogens (tertiary/aromatic N) is 2. The summed E-state index contributed by atoms with van der Waals surface area (Å²) in [5.74, 6) is -7.25. The third-order valence-electron chi connectivity index (χ3n) is 6.51. The first-order valence-electron chi connectivity index (χ1n) is 13.8. The average Bonchev–Trinajstić information content (AvgIpc) is 3.41. The van der Waals surface area contributed by atoms with E-state index in [1.165, 1.54) is 16.5 Å². The lowest BCUT2D eigenvalue weighted by atomic mass is 10.1. The number of phosphoric acid groups is 1. The van der Waals surface area contributed by atoms with Crippen molar-refractivity contribution in [2.45, 2.75) is 63.7 Å². The normalized spacial score (nSPS) is 20.1. The minimum absolute atomic E-state index is 0.0256. The van der Waals surface area contributed by atoms with E-state index in [4.69, 9.17) is 18.3 Å². The molecule has 4 rings (SSSR count). The predicted molar refractivity (Wildman–Crippen MR) is 155 cm³/mol. The number of likely N-dealkylation sites (tertiary alicyclic amines) is 1. The summed E-state index contributed by atoms with van der Waals surface area (Å²) in [5.41, 5.74) is -2.54. The Hall–Kier alpha value is -2.95. The Morgan fingerprint density at radius 3 is 2.20 bits per heavy atom. The molecule has 1 fully saturated rings. The lowest BCUT2D eigenvalue weighted by Gasteiger charge is -2.31. The molecule has 1 saturated heterocycles. The number of hydrogen-bond donors (Lipinski definition) is 2. The van der Waals surface area contributed by atoms with E-state index in [1.54, 1.807) is 41.5 Å². The summed E-state index contributed by atoms with van der Waals surface area (Å²) >= 11 is 0. The van der Waals surface area contributed by atoms with Crippen molar-refractivity contribution in [2.24, 2.45) is 13.0 Å². The van der Waals surface area contributed by atoms with Crippen LogP contribution in [0.3, 0.4) is 0 Å². The molecule has 2 N–H and O–H groups in total. The fraction of sp³-hybridized carbons (Fsp3) is 0.556. The van der Waals surface area contributed by atoms with E-state index in [9.17, 15) is 35.7 Å². The lowest BCUT2D eigenvalue weighted by Crippen LogP contribution is -2.44. The molecule has 13 nitrogen and oxygen atoms in total. The van der Waals surface area contributed by atoms with Gasteiger partial charge >= 0.3 is 7.82 Å². The maximum Gasteiger partial charge on any atom is 0.476 e. The molecule has 0 saturated carbocycles. The van der Waals surface area contributed by atoms with Crippen molar-refractivity contribution in [2.75, 3.05) is 31.6 Å². The van der Waals surface area contributed by atoms with Crippen molar-refractivity contribution < 1.29 is 54.1 Å². The number of sulfonamides is 1. The van der Waals surface area contributed by atoms with E-state index in [1.807, 2.05) is 0 Å². The maximum atomic E-state index is 13.7. The van der Waals surface area contributed by atoms with Crippen LogP contribution >= 0.6 is 7.82 Å². The van der Waals surface area contributed by atoms with E-state index >= 15 is 0 Å². The van der Waals surface area contributed by atoms with Crippen molar-refractivity contribution in [3.8, 4) is 5.75 Å². The molecule has 1 aromatic heterocycles. The number of phosphoric ester groups is 1. The van der Waals surface area contributed by atoms with Crippen LogP contribution in [0, 0.1) is 23.4 Å². The number of benzene rings is 1. The van der Waals surface area contributed by atoms with Crippen LogP contribution < -0.4 is 14.8 Å². The van der Waals surface area contributed by atoms with Crippen molar-refractivity contribution in [3.63, 3.8) is 0 Å². The molecule has 0 aliphatic carbocycles. The number of aromatic nitrogens is 1. The predicted octanol–water partition coefficient (Wildman–Crippen LogP) is 3.95. The Labute approximate surface area is 259 Å². The quantitative estimate of drug-likeness (QED) is 0.327. The summed E-state index contributed by atoms with van der Waals surface area (Å²) in [4.78, 5) is 27.2. The molecule has 0 spiro atoms. The van der Waals surface area contributed by atoms with Gasteiger partial charge in [0.2, 0.25) is 15.9 Å². The number of carbonyl (C=O) groups excluding carboxylic acids is 2. The number of amides is 2. The molecule has 2 amide bonds. The Kier molecular flexibility index (Phi) is 9.57. The van der Waals surface area contributed by atoms with Crippen LogP contribution in [0.15, 0.2) is 23.2 Å². The second-order valence-corrected chi connectivity index (χ2v) is 15.9. The molecule has 2 atom stereocenters. The molecule has 1 aromatic carbocycles. The Bertz CT molecular complexity index is 1610. The van der Waals surface area contributed by atoms with Gasteiger partial charge in [-0.15, -0.1) is 0 Å². The molecule has 0 bridgehead atoms. The highest BCUT2D eigenvalue weighted by Gasteiger charge is 2.44. The van der Waals surface area contributed by atoms with E-state index in [-0.39, 0.29) is 36.0 Å². The van der Waals surface area contributed by atoms with E-state index < -0.39 is 82.6 Å². The number of fused-ring (bicyclic) bond motifs is 2. The van der Waals surface area contributed by atoms with Crippen LogP contribution in [0.5, 0.6) is 5.75 Å². The molecule has 18 heteroatoms. The van der Waals surface area contributed by atoms with Gasteiger partial charge in [0.25, 0.3) is 5.91 Å². The third kappa shape index (κ3) is 8.26. The minimum Gasteiger partial charge on any atom is -0.489 e. The van der Waals surface area contributed by atoms with Gasteiger partial charge in [0, 0.05) is 56.1 Å². The summed E-state index contributed by atoms with van der Waals surface area (Å²) in [6, 6.07) is 0.367. The number of halogens is 3. The summed E-state index contributed by atoms with van der Waals surface area (Å²) in [5, 5.41) is 2.22. The van der Waals surface area contributed by atoms with Gasteiger partial charge in [-0.2, -0.15) is 0 Å². The second kappa shape index (κ2) is 12.3. The zero-order valence-corrected chi connectivity index (χ0v) is 27.5. The maximum absolute atomic E-state index is 13.7. The Morgan fingerprint density at radius 2 is 1.64 bits per heavy atom. The van der Waals surface area contributed by atoms with Crippen LogP contribution in [-0.2, 0) is 40.0 Å². The van der Waals surface area contributed by atoms with Gasteiger partial charge in [0.05, 0.1) is 17.8 Å². The molecule has 3 heterocycles. The van der Waals surface area contributed by atoms with Crippen LogP contribution in [0.2, 0.25) is 0 Å². The van der Waals surface area contributed by atoms with E-state index in [2.05, 4.69) is 10.0 Å². The number of ether oxygens (including phenoxy) is 1. The Morgan fingerprint density at radius 1 is 1.07 bits per heavy atom. The Balaban J connectivity index is 1.50. The van der Waals surface area contributed by atoms with Gasteiger partial charge in [-0.05, 0) is 41.5 Å². The number of anilines is 1. The lowest BCUT2D eigenvalue weighted by molar-refractivity contribution is -0.133. The molecule has 2 aliphatic heterocycles. The fourth-order valence-corrected chi connectivity index (χ4v) is 8.03. The van der Waals surface area contributed by atoms with Crippen LogP contribution in [0.4, 0.5) is 18.9 Å². The zero-order chi connectivity index (χ0) is 33.7. The second-order valence-electron chi connectivity index (χ2n) is 12.7. The van der Waals surface area contributed by atoms with Crippen molar-refractivity contribution in [3.05, 3.63) is 41.5 Å². The third-order valence-corrected chi connectivity index (χ3v) is 9.98. The minimum atomic E-state index is -4.31. The molecule has 250 valence electrons.